The third kappa shape index (κ3) is 5.68. The van der Waals surface area contributed by atoms with E-state index in [1.54, 1.807) is 22.9 Å². The molecule has 1 saturated heterocycles. The molecular formula is C28H27Cl2N9OS. The van der Waals surface area contributed by atoms with Crippen LogP contribution in [0.1, 0.15) is 0 Å². The first-order valence-electron chi connectivity index (χ1n) is 13.1. The monoisotopic (exact) mass is 607 g/mol. The largest absolute Gasteiger partial charge is 0.369 e. The molecule has 4 heterocycles. The van der Waals surface area contributed by atoms with Crippen LogP contribution in [0, 0.1) is 0 Å². The highest BCUT2D eigenvalue weighted by Gasteiger charge is 2.21. The van der Waals surface area contributed by atoms with Gasteiger partial charge in [0.05, 0.1) is 22.0 Å². The van der Waals surface area contributed by atoms with Gasteiger partial charge in [-0.05, 0) is 61.3 Å². The van der Waals surface area contributed by atoms with Crippen molar-refractivity contribution in [3.8, 4) is 17.1 Å². The zero-order chi connectivity index (χ0) is 28.5. The van der Waals surface area contributed by atoms with Crippen LogP contribution < -0.4 is 16.2 Å². The fourth-order valence-electron chi connectivity index (χ4n) is 4.71. The van der Waals surface area contributed by atoms with E-state index in [-0.39, 0.29) is 11.1 Å². The first-order chi connectivity index (χ1) is 19.9. The number of likely N-dealkylation sites (N-methyl/N-ethyl adjacent to an activating group) is 1. The van der Waals surface area contributed by atoms with Gasteiger partial charge in [-0.2, -0.15) is 14.9 Å². The number of hydrogen-bond donors (Lipinski definition) is 1. The van der Waals surface area contributed by atoms with Gasteiger partial charge in [0, 0.05) is 55.7 Å². The van der Waals surface area contributed by atoms with Crippen LogP contribution in [0.5, 0.6) is 0 Å². The molecule has 5 aromatic rings. The van der Waals surface area contributed by atoms with Gasteiger partial charge in [-0.25, -0.2) is 9.97 Å². The van der Waals surface area contributed by atoms with E-state index in [4.69, 9.17) is 33.9 Å². The minimum absolute atomic E-state index is 0.272. The predicted octanol–water partition coefficient (Wildman–Crippen LogP) is 4.21. The van der Waals surface area contributed by atoms with E-state index in [1.165, 1.54) is 28.3 Å². The van der Waals surface area contributed by atoms with Gasteiger partial charge in [-0.1, -0.05) is 29.3 Å². The Hall–Kier alpha value is -3.48. The molecule has 210 valence electrons. The molecule has 1 fully saturated rings. The molecule has 6 rings (SSSR count). The third-order valence-electron chi connectivity index (χ3n) is 6.92. The molecule has 0 bridgehead atoms. The maximum atomic E-state index is 13.6. The van der Waals surface area contributed by atoms with Crippen molar-refractivity contribution in [2.24, 2.45) is 5.73 Å². The number of halogens is 2. The molecule has 2 N–H and O–H groups in total. The summed E-state index contributed by atoms with van der Waals surface area (Å²) in [4.78, 5) is 28.7. The molecule has 0 radical (unpaired) electrons. The van der Waals surface area contributed by atoms with E-state index in [0.717, 1.165) is 31.1 Å². The number of piperazine rings is 1. The number of fused-ring (bicyclic) bond motifs is 1. The minimum atomic E-state index is -0.437. The minimum Gasteiger partial charge on any atom is -0.369 e. The molecule has 3 aromatic heterocycles. The van der Waals surface area contributed by atoms with Crippen LogP contribution >= 0.6 is 35.0 Å². The van der Waals surface area contributed by atoms with Crippen molar-refractivity contribution in [1.29, 1.82) is 0 Å². The van der Waals surface area contributed by atoms with Gasteiger partial charge in [0.15, 0.2) is 5.16 Å². The third-order valence-corrected chi connectivity index (χ3v) is 8.42. The number of hydrogen-bond acceptors (Lipinski definition) is 9. The zero-order valence-corrected chi connectivity index (χ0v) is 24.6. The van der Waals surface area contributed by atoms with E-state index in [0.29, 0.717) is 45.2 Å². The van der Waals surface area contributed by atoms with Crippen LogP contribution in [0.2, 0.25) is 10.0 Å². The fraction of sp³-hybridized carbons (Fsp3) is 0.250. The summed E-state index contributed by atoms with van der Waals surface area (Å²) < 4.78 is 2.91. The van der Waals surface area contributed by atoms with Gasteiger partial charge in [0.25, 0.3) is 5.56 Å². The normalized spacial score (nSPS) is 14.2. The van der Waals surface area contributed by atoms with Crippen molar-refractivity contribution in [3.05, 3.63) is 81.3 Å². The number of aromatic nitrogens is 6. The first-order valence-corrected chi connectivity index (χ1v) is 14.7. The molecular weight excluding hydrogens is 581 g/mol. The molecule has 1 aliphatic rings. The molecule has 0 saturated carbocycles. The van der Waals surface area contributed by atoms with E-state index in [9.17, 15) is 4.79 Å². The van der Waals surface area contributed by atoms with Crippen LogP contribution in [0.15, 0.2) is 75.8 Å². The van der Waals surface area contributed by atoms with E-state index < -0.39 is 5.56 Å². The lowest BCUT2D eigenvalue weighted by Gasteiger charge is -2.34. The molecule has 13 heteroatoms. The molecule has 1 aliphatic heterocycles. The van der Waals surface area contributed by atoms with Gasteiger partial charge in [0.1, 0.15) is 22.6 Å². The lowest BCUT2D eigenvalue weighted by atomic mass is 10.2. The second kappa shape index (κ2) is 11.8. The number of nitrogens with two attached hydrogens (primary N) is 1. The topological polar surface area (TPSA) is 111 Å². The Morgan fingerprint density at radius 3 is 2.41 bits per heavy atom. The Morgan fingerprint density at radius 2 is 1.71 bits per heavy atom. The molecule has 10 nitrogen and oxygen atoms in total. The molecule has 41 heavy (non-hydrogen) atoms. The Kier molecular flexibility index (Phi) is 7.96. The van der Waals surface area contributed by atoms with Crippen molar-refractivity contribution < 1.29 is 0 Å². The predicted molar refractivity (Wildman–Crippen MR) is 164 cm³/mol. The number of benzene rings is 2. The summed E-state index contributed by atoms with van der Waals surface area (Å²) in [6.45, 7) is 5.07. The van der Waals surface area contributed by atoms with Gasteiger partial charge >= 0.3 is 0 Å². The maximum absolute atomic E-state index is 13.6. The smallest absolute Gasteiger partial charge is 0.282 e. The second-order valence-electron chi connectivity index (χ2n) is 9.69. The quantitative estimate of drug-likeness (QED) is 0.272. The Balaban J connectivity index is 1.40. The summed E-state index contributed by atoms with van der Waals surface area (Å²) >= 11 is 14.3. The second-order valence-corrected chi connectivity index (χ2v) is 11.5. The molecule has 0 spiro atoms. The van der Waals surface area contributed by atoms with Gasteiger partial charge in [0.2, 0.25) is 0 Å². The van der Waals surface area contributed by atoms with Gasteiger partial charge in [-0.15, -0.1) is 0 Å². The van der Waals surface area contributed by atoms with Crippen molar-refractivity contribution in [1.82, 2.24) is 34.4 Å². The number of nitrogens with zero attached hydrogens (tertiary/aromatic N) is 8. The highest BCUT2D eigenvalue weighted by Crippen LogP contribution is 2.32. The van der Waals surface area contributed by atoms with E-state index in [1.807, 2.05) is 12.3 Å². The highest BCUT2D eigenvalue weighted by molar-refractivity contribution is 7.99. The Bertz CT molecular complexity index is 1750. The summed E-state index contributed by atoms with van der Waals surface area (Å²) in [6.07, 6.45) is 3.33. The molecule has 0 unspecified atom stereocenters. The SMILES string of the molecule is CN1CCN(c2ccc(Sc3ncc4c(=O)n(-c5c(Cl)cccc5Cl)nc(-c5ccn(CCN)n5)c4n3)cc2)CC1. The van der Waals surface area contributed by atoms with Gasteiger partial charge < -0.3 is 15.5 Å². The van der Waals surface area contributed by atoms with Crippen molar-refractivity contribution in [2.45, 2.75) is 16.6 Å². The average Bonchev–Trinajstić information content (AvgIpc) is 3.43. The molecule has 0 aliphatic carbocycles. The average molecular weight is 609 g/mol. The number of para-hydroxylation sites is 1. The van der Waals surface area contributed by atoms with Crippen molar-refractivity contribution in [3.63, 3.8) is 0 Å². The highest BCUT2D eigenvalue weighted by atomic mass is 35.5. The summed E-state index contributed by atoms with van der Waals surface area (Å²) in [7, 11) is 2.15. The maximum Gasteiger partial charge on any atom is 0.282 e. The van der Waals surface area contributed by atoms with Crippen molar-refractivity contribution >= 4 is 51.6 Å². The lowest BCUT2D eigenvalue weighted by Crippen LogP contribution is -2.44. The molecule has 0 amide bonds. The Morgan fingerprint density at radius 1 is 0.976 bits per heavy atom. The first kappa shape index (κ1) is 27.7. The van der Waals surface area contributed by atoms with E-state index >= 15 is 0 Å². The summed E-state index contributed by atoms with van der Waals surface area (Å²) in [5.41, 5.74) is 8.09. The fourth-order valence-corrected chi connectivity index (χ4v) is 6.00. The number of anilines is 1. The summed E-state index contributed by atoms with van der Waals surface area (Å²) in [5.74, 6) is 0. The molecule has 2 aromatic carbocycles. The van der Waals surface area contributed by atoms with Crippen LogP contribution in [0.4, 0.5) is 5.69 Å². The zero-order valence-electron chi connectivity index (χ0n) is 22.2. The summed E-state index contributed by atoms with van der Waals surface area (Å²) in [6, 6.07) is 15.2. The Labute approximate surface area is 250 Å². The van der Waals surface area contributed by atoms with Crippen LogP contribution in [-0.2, 0) is 6.54 Å². The van der Waals surface area contributed by atoms with Gasteiger partial charge in [-0.3, -0.25) is 9.48 Å². The summed E-state index contributed by atoms with van der Waals surface area (Å²) in [5, 5.41) is 10.6. The lowest BCUT2D eigenvalue weighted by molar-refractivity contribution is 0.313. The molecule has 0 atom stereocenters. The van der Waals surface area contributed by atoms with E-state index in [2.05, 4.69) is 56.3 Å². The van der Waals surface area contributed by atoms with Crippen molar-refractivity contribution in [2.75, 3.05) is 44.7 Å². The van der Waals surface area contributed by atoms with Crippen LogP contribution in [0.3, 0.4) is 0 Å². The standard InChI is InChI=1S/C28H27Cl2N9OS/c1-36-13-15-37(16-14-36)18-5-7-19(8-6-18)41-28-32-17-20-24(33-28)25(23-9-11-38(34-23)12-10-31)35-39(27(20)40)26-21(29)3-2-4-22(26)30/h2-9,11,17H,10,12-16,31H2,1H3. The van der Waals surface area contributed by atoms with Crippen LogP contribution in [-0.4, -0.2) is 74.2 Å². The number of rotatable bonds is 7. The van der Waals surface area contributed by atoms with Crippen LogP contribution in [0.25, 0.3) is 28.0 Å².